The normalized spacial score (nSPS) is 10.8. The number of halogens is 3. The van der Waals surface area contributed by atoms with Crippen LogP contribution in [0.3, 0.4) is 0 Å². The summed E-state index contributed by atoms with van der Waals surface area (Å²) in [4.78, 5) is 0. The third kappa shape index (κ3) is 2.12. The van der Waals surface area contributed by atoms with E-state index < -0.39 is 0 Å². The van der Waals surface area contributed by atoms with Gasteiger partial charge >= 0.3 is 0 Å². The van der Waals surface area contributed by atoms with E-state index in [1.54, 1.807) is 0 Å². The smallest absolute Gasteiger partial charge is 0.0363 e. The summed E-state index contributed by atoms with van der Waals surface area (Å²) in [6.07, 6.45) is 0. The van der Waals surface area contributed by atoms with Crippen LogP contribution in [0.25, 0.3) is 0 Å². The highest BCUT2D eigenvalue weighted by Crippen LogP contribution is 2.36. The van der Waals surface area contributed by atoms with Crippen molar-refractivity contribution in [3.05, 3.63) is 31.1 Å². The molecular weight excluding hydrogens is 348 g/mol. The molecule has 0 aromatic heterocycles. The molecule has 0 bridgehead atoms. The first-order valence-corrected chi connectivity index (χ1v) is 6.05. The zero-order valence-corrected chi connectivity index (χ0v) is 11.6. The Kier molecular flexibility index (Phi) is 3.80. The van der Waals surface area contributed by atoms with Gasteiger partial charge in [0, 0.05) is 13.4 Å². The van der Waals surface area contributed by atoms with E-state index in [0.717, 1.165) is 13.4 Å². The molecule has 3 heteroatoms. The SMILES string of the molecule is CC(C)c1c(Br)ccc(Br)c1Br. The molecule has 0 radical (unpaired) electrons. The summed E-state index contributed by atoms with van der Waals surface area (Å²) in [5.74, 6) is 0.520. The zero-order chi connectivity index (χ0) is 9.30. The van der Waals surface area contributed by atoms with E-state index in [2.05, 4.69) is 67.7 Å². The van der Waals surface area contributed by atoms with Gasteiger partial charge < -0.3 is 0 Å². The lowest BCUT2D eigenvalue weighted by molar-refractivity contribution is 0.853. The molecule has 12 heavy (non-hydrogen) atoms. The minimum atomic E-state index is 0.520. The molecule has 0 saturated carbocycles. The van der Waals surface area contributed by atoms with Gasteiger partial charge in [-0.1, -0.05) is 29.8 Å². The van der Waals surface area contributed by atoms with E-state index in [9.17, 15) is 0 Å². The van der Waals surface area contributed by atoms with Gasteiger partial charge in [0.1, 0.15) is 0 Å². The molecule has 0 atom stereocenters. The molecule has 0 aliphatic carbocycles. The van der Waals surface area contributed by atoms with Crippen molar-refractivity contribution in [3.8, 4) is 0 Å². The van der Waals surface area contributed by atoms with Gasteiger partial charge in [0.2, 0.25) is 0 Å². The molecular formula is C9H9Br3. The van der Waals surface area contributed by atoms with Crippen LogP contribution in [0.2, 0.25) is 0 Å². The van der Waals surface area contributed by atoms with E-state index >= 15 is 0 Å². The molecule has 0 aliphatic rings. The summed E-state index contributed by atoms with van der Waals surface area (Å²) in [7, 11) is 0. The predicted molar refractivity (Wildman–Crippen MR) is 63.6 cm³/mol. The fraction of sp³-hybridized carbons (Fsp3) is 0.333. The summed E-state index contributed by atoms with van der Waals surface area (Å²) in [5.41, 5.74) is 1.31. The maximum Gasteiger partial charge on any atom is 0.0363 e. The third-order valence-electron chi connectivity index (χ3n) is 1.66. The number of rotatable bonds is 1. The van der Waals surface area contributed by atoms with E-state index in [-0.39, 0.29) is 0 Å². The molecule has 0 nitrogen and oxygen atoms in total. The van der Waals surface area contributed by atoms with Crippen molar-refractivity contribution in [2.75, 3.05) is 0 Å². The second-order valence-corrected chi connectivity index (χ2v) is 5.41. The van der Waals surface area contributed by atoms with Gasteiger partial charge in [0.05, 0.1) is 0 Å². The van der Waals surface area contributed by atoms with Crippen molar-refractivity contribution in [2.24, 2.45) is 0 Å². The van der Waals surface area contributed by atoms with Gasteiger partial charge in [-0.25, -0.2) is 0 Å². The van der Waals surface area contributed by atoms with E-state index in [0.29, 0.717) is 5.92 Å². The topological polar surface area (TPSA) is 0 Å². The Bertz CT molecular complexity index is 292. The van der Waals surface area contributed by atoms with Crippen molar-refractivity contribution in [1.82, 2.24) is 0 Å². The molecule has 1 aromatic carbocycles. The summed E-state index contributed by atoms with van der Waals surface area (Å²) >= 11 is 10.6. The maximum atomic E-state index is 3.55. The van der Waals surface area contributed by atoms with Crippen LogP contribution in [0, 0.1) is 0 Å². The van der Waals surface area contributed by atoms with Crippen LogP contribution in [-0.2, 0) is 0 Å². The Morgan fingerprint density at radius 3 is 1.92 bits per heavy atom. The number of hydrogen-bond acceptors (Lipinski definition) is 0. The summed E-state index contributed by atoms with van der Waals surface area (Å²) in [5, 5.41) is 0. The highest BCUT2D eigenvalue weighted by molar-refractivity contribution is 9.13. The first kappa shape index (κ1) is 10.7. The Hall–Kier alpha value is 0.660. The van der Waals surface area contributed by atoms with Crippen LogP contribution in [0.15, 0.2) is 25.6 Å². The van der Waals surface area contributed by atoms with Crippen LogP contribution in [-0.4, -0.2) is 0 Å². The second kappa shape index (κ2) is 4.25. The van der Waals surface area contributed by atoms with Crippen LogP contribution in [0.5, 0.6) is 0 Å². The van der Waals surface area contributed by atoms with E-state index in [4.69, 9.17) is 0 Å². The summed E-state index contributed by atoms with van der Waals surface area (Å²) in [6.45, 7) is 4.36. The Balaban J connectivity index is 3.33. The summed E-state index contributed by atoms with van der Waals surface area (Å²) < 4.78 is 3.41. The van der Waals surface area contributed by atoms with Gasteiger partial charge in [-0.05, 0) is 55.5 Å². The molecule has 0 aliphatic heterocycles. The van der Waals surface area contributed by atoms with Crippen LogP contribution >= 0.6 is 47.8 Å². The highest BCUT2D eigenvalue weighted by atomic mass is 79.9. The Labute approximate surface area is 98.1 Å². The molecule has 0 spiro atoms. The van der Waals surface area contributed by atoms with E-state index in [1.807, 2.05) is 6.07 Å². The fourth-order valence-electron chi connectivity index (χ4n) is 1.07. The quantitative estimate of drug-likeness (QED) is 0.614. The largest absolute Gasteiger partial charge is 0.0586 e. The van der Waals surface area contributed by atoms with Crippen LogP contribution < -0.4 is 0 Å². The van der Waals surface area contributed by atoms with E-state index in [1.165, 1.54) is 5.56 Å². The monoisotopic (exact) mass is 354 g/mol. The first-order valence-electron chi connectivity index (χ1n) is 3.67. The maximum absolute atomic E-state index is 3.55. The van der Waals surface area contributed by atoms with Crippen molar-refractivity contribution < 1.29 is 0 Å². The van der Waals surface area contributed by atoms with Gasteiger partial charge in [-0.2, -0.15) is 0 Å². The molecule has 0 N–H and O–H groups in total. The molecule has 66 valence electrons. The molecule has 1 aromatic rings. The number of benzene rings is 1. The van der Waals surface area contributed by atoms with Gasteiger partial charge in [-0.15, -0.1) is 0 Å². The molecule has 0 heterocycles. The lowest BCUT2D eigenvalue weighted by Crippen LogP contribution is -1.91. The van der Waals surface area contributed by atoms with Crippen LogP contribution in [0.1, 0.15) is 25.3 Å². The molecule has 0 amide bonds. The van der Waals surface area contributed by atoms with Gasteiger partial charge in [-0.3, -0.25) is 0 Å². The molecule has 0 fully saturated rings. The standard InChI is InChI=1S/C9H9Br3/c1-5(2)8-6(10)3-4-7(11)9(8)12/h3-5H,1-2H3. The molecule has 0 unspecified atom stereocenters. The zero-order valence-electron chi connectivity index (χ0n) is 6.87. The van der Waals surface area contributed by atoms with Crippen molar-refractivity contribution in [1.29, 1.82) is 0 Å². The van der Waals surface area contributed by atoms with Crippen LogP contribution in [0.4, 0.5) is 0 Å². The minimum absolute atomic E-state index is 0.520. The third-order valence-corrected chi connectivity index (χ3v) is 4.40. The lowest BCUT2D eigenvalue weighted by atomic mass is 10.0. The lowest BCUT2D eigenvalue weighted by Gasteiger charge is -2.11. The Morgan fingerprint density at radius 1 is 1.00 bits per heavy atom. The van der Waals surface area contributed by atoms with Crippen molar-refractivity contribution >= 4 is 47.8 Å². The number of hydrogen-bond donors (Lipinski definition) is 0. The average molecular weight is 357 g/mol. The average Bonchev–Trinajstić information content (AvgIpc) is 1.97. The Morgan fingerprint density at radius 2 is 1.50 bits per heavy atom. The van der Waals surface area contributed by atoms with Crippen molar-refractivity contribution in [2.45, 2.75) is 19.8 Å². The van der Waals surface area contributed by atoms with Gasteiger partial charge in [0.25, 0.3) is 0 Å². The minimum Gasteiger partial charge on any atom is -0.0586 e. The molecule has 1 rings (SSSR count). The second-order valence-electron chi connectivity index (χ2n) is 2.91. The van der Waals surface area contributed by atoms with Crippen molar-refractivity contribution in [3.63, 3.8) is 0 Å². The first-order chi connectivity index (χ1) is 5.54. The predicted octanol–water partition coefficient (Wildman–Crippen LogP) is 5.10. The fourth-order valence-corrected chi connectivity index (χ4v) is 3.28. The highest BCUT2D eigenvalue weighted by Gasteiger charge is 2.11. The molecule has 0 saturated heterocycles. The van der Waals surface area contributed by atoms with Gasteiger partial charge in [0.15, 0.2) is 0 Å². The summed E-state index contributed by atoms with van der Waals surface area (Å²) in [6, 6.07) is 4.09.